The first-order valence-electron chi connectivity index (χ1n) is 8.66. The Hall–Kier alpha value is -1.47. The third kappa shape index (κ3) is 3.90. The number of hydrogen-bond acceptors (Lipinski definition) is 6. The molecule has 3 atom stereocenters. The van der Waals surface area contributed by atoms with E-state index in [0.717, 1.165) is 25.1 Å². The predicted octanol–water partition coefficient (Wildman–Crippen LogP) is 1.80. The number of nitrogens with one attached hydrogen (secondary N) is 1. The largest absolute Gasteiger partial charge is 0.364 e. The van der Waals surface area contributed by atoms with Gasteiger partial charge in [-0.3, -0.25) is 4.79 Å². The normalized spacial score (nSPS) is 27.0. The summed E-state index contributed by atoms with van der Waals surface area (Å²) in [6.07, 6.45) is 7.08. The first-order chi connectivity index (χ1) is 11.2. The van der Waals surface area contributed by atoms with Gasteiger partial charge in [0.25, 0.3) is 0 Å². The van der Waals surface area contributed by atoms with E-state index < -0.39 is 6.10 Å². The molecule has 3 rings (SSSR count). The van der Waals surface area contributed by atoms with Crippen molar-refractivity contribution in [3.63, 3.8) is 0 Å². The van der Waals surface area contributed by atoms with E-state index in [1.54, 1.807) is 0 Å². The second-order valence-electron chi connectivity index (χ2n) is 6.62. The van der Waals surface area contributed by atoms with Gasteiger partial charge in [-0.25, -0.2) is 0 Å². The molecule has 0 radical (unpaired) electrons. The average Bonchev–Trinajstić information content (AvgIpc) is 3.25. The molecule has 1 unspecified atom stereocenters. The van der Waals surface area contributed by atoms with Gasteiger partial charge in [0.15, 0.2) is 5.82 Å². The summed E-state index contributed by atoms with van der Waals surface area (Å²) in [4.78, 5) is 16.7. The van der Waals surface area contributed by atoms with Crippen LogP contribution in [0.1, 0.15) is 75.5 Å². The fourth-order valence-electron chi connectivity index (χ4n) is 3.39. The monoisotopic (exact) mass is 322 g/mol. The molecule has 128 valence electrons. The van der Waals surface area contributed by atoms with Gasteiger partial charge in [0.2, 0.25) is 11.8 Å². The van der Waals surface area contributed by atoms with Gasteiger partial charge in [-0.15, -0.1) is 0 Å². The number of nitrogens with two attached hydrogens (primary N) is 1. The SMILES string of the molecule is CC(NC(=O)[C@@H]1CC[C@H](CN)O1)c1nc(C2CCCCC2)no1. The first kappa shape index (κ1) is 16.4. The van der Waals surface area contributed by atoms with Crippen molar-refractivity contribution in [3.05, 3.63) is 11.7 Å². The summed E-state index contributed by atoms with van der Waals surface area (Å²) >= 11 is 0. The summed E-state index contributed by atoms with van der Waals surface area (Å²) in [5.41, 5.74) is 5.57. The molecule has 1 saturated carbocycles. The highest BCUT2D eigenvalue weighted by Crippen LogP contribution is 2.31. The Morgan fingerprint density at radius 1 is 1.30 bits per heavy atom. The van der Waals surface area contributed by atoms with Crippen LogP contribution in [0.4, 0.5) is 0 Å². The molecule has 0 aromatic carbocycles. The fraction of sp³-hybridized carbons (Fsp3) is 0.812. The molecule has 1 aliphatic carbocycles. The zero-order valence-electron chi connectivity index (χ0n) is 13.7. The minimum atomic E-state index is -0.424. The van der Waals surface area contributed by atoms with Gasteiger partial charge in [0, 0.05) is 12.5 Å². The minimum absolute atomic E-state index is 0.0117. The van der Waals surface area contributed by atoms with E-state index >= 15 is 0 Å². The number of carbonyl (C=O) groups is 1. The Morgan fingerprint density at radius 2 is 2.09 bits per heavy atom. The first-order valence-corrected chi connectivity index (χ1v) is 8.66. The lowest BCUT2D eigenvalue weighted by atomic mass is 9.89. The Bertz CT molecular complexity index is 527. The summed E-state index contributed by atoms with van der Waals surface area (Å²) in [5.74, 6) is 1.51. The van der Waals surface area contributed by atoms with Crippen molar-refractivity contribution in [2.45, 2.75) is 76.0 Å². The summed E-state index contributed by atoms with van der Waals surface area (Å²) in [7, 11) is 0. The van der Waals surface area contributed by atoms with Crippen LogP contribution in [0.5, 0.6) is 0 Å². The molecule has 0 spiro atoms. The van der Waals surface area contributed by atoms with Crippen molar-refractivity contribution >= 4 is 5.91 Å². The van der Waals surface area contributed by atoms with Crippen LogP contribution in [-0.2, 0) is 9.53 Å². The second kappa shape index (κ2) is 7.40. The molecule has 1 amide bonds. The average molecular weight is 322 g/mol. The molecular weight excluding hydrogens is 296 g/mol. The molecule has 3 N–H and O–H groups in total. The highest BCUT2D eigenvalue weighted by molar-refractivity contribution is 5.81. The zero-order chi connectivity index (χ0) is 16.2. The highest BCUT2D eigenvalue weighted by Gasteiger charge is 2.31. The molecule has 1 aliphatic heterocycles. The van der Waals surface area contributed by atoms with E-state index in [1.165, 1.54) is 19.3 Å². The molecule has 2 heterocycles. The van der Waals surface area contributed by atoms with Crippen LogP contribution < -0.4 is 11.1 Å². The third-order valence-corrected chi connectivity index (χ3v) is 4.82. The molecular formula is C16H26N4O3. The lowest BCUT2D eigenvalue weighted by Crippen LogP contribution is -2.37. The van der Waals surface area contributed by atoms with E-state index in [-0.39, 0.29) is 18.1 Å². The number of aromatic nitrogens is 2. The maximum atomic E-state index is 12.2. The molecule has 7 nitrogen and oxygen atoms in total. The van der Waals surface area contributed by atoms with E-state index in [9.17, 15) is 4.79 Å². The van der Waals surface area contributed by atoms with Crippen LogP contribution in [0, 0.1) is 0 Å². The van der Waals surface area contributed by atoms with Crippen molar-refractivity contribution in [1.29, 1.82) is 0 Å². The summed E-state index contributed by atoms with van der Waals surface area (Å²) in [6, 6.07) is -0.312. The number of nitrogens with zero attached hydrogens (tertiary/aromatic N) is 2. The van der Waals surface area contributed by atoms with Crippen molar-refractivity contribution in [3.8, 4) is 0 Å². The molecule has 1 saturated heterocycles. The Morgan fingerprint density at radius 3 is 2.78 bits per heavy atom. The number of carbonyl (C=O) groups excluding carboxylic acids is 1. The van der Waals surface area contributed by atoms with Gasteiger partial charge < -0.3 is 20.3 Å². The third-order valence-electron chi connectivity index (χ3n) is 4.82. The molecule has 0 bridgehead atoms. The predicted molar refractivity (Wildman–Crippen MR) is 83.6 cm³/mol. The van der Waals surface area contributed by atoms with Crippen LogP contribution in [-0.4, -0.2) is 34.8 Å². The second-order valence-corrected chi connectivity index (χ2v) is 6.62. The zero-order valence-corrected chi connectivity index (χ0v) is 13.7. The summed E-state index contributed by atoms with van der Waals surface area (Å²) in [6.45, 7) is 2.30. The smallest absolute Gasteiger partial charge is 0.249 e. The molecule has 1 aromatic rings. The van der Waals surface area contributed by atoms with Gasteiger partial charge in [-0.2, -0.15) is 4.98 Å². The molecule has 2 aliphatic rings. The lowest BCUT2D eigenvalue weighted by Gasteiger charge is -2.17. The maximum Gasteiger partial charge on any atom is 0.249 e. The van der Waals surface area contributed by atoms with Crippen LogP contribution in [0.25, 0.3) is 0 Å². The van der Waals surface area contributed by atoms with Crippen molar-refractivity contribution < 1.29 is 14.1 Å². The molecule has 7 heteroatoms. The highest BCUT2D eigenvalue weighted by atomic mass is 16.5. The standard InChI is InChI=1S/C16H26N4O3/c1-10(18-15(21)13-8-7-12(9-17)22-13)16-19-14(20-23-16)11-5-3-2-4-6-11/h10-13H,2-9,17H2,1H3,(H,18,21)/t10?,12-,13+/m1/s1. The number of hydrogen-bond donors (Lipinski definition) is 2. The molecule has 23 heavy (non-hydrogen) atoms. The number of rotatable bonds is 5. The maximum absolute atomic E-state index is 12.2. The van der Waals surface area contributed by atoms with Gasteiger partial charge in [0.05, 0.1) is 6.10 Å². The van der Waals surface area contributed by atoms with Crippen molar-refractivity contribution in [1.82, 2.24) is 15.5 Å². The summed E-state index contributed by atoms with van der Waals surface area (Å²) < 4.78 is 11.0. The van der Waals surface area contributed by atoms with Gasteiger partial charge >= 0.3 is 0 Å². The van der Waals surface area contributed by atoms with Crippen molar-refractivity contribution in [2.24, 2.45) is 5.73 Å². The Kier molecular flexibility index (Phi) is 5.27. The number of ether oxygens (including phenoxy) is 1. The molecule has 2 fully saturated rings. The van der Waals surface area contributed by atoms with Gasteiger partial charge in [-0.05, 0) is 32.6 Å². The quantitative estimate of drug-likeness (QED) is 0.857. The minimum Gasteiger partial charge on any atom is -0.364 e. The Labute approximate surface area is 136 Å². The topological polar surface area (TPSA) is 103 Å². The lowest BCUT2D eigenvalue weighted by molar-refractivity contribution is -0.132. The van der Waals surface area contributed by atoms with Crippen LogP contribution >= 0.6 is 0 Å². The van der Waals surface area contributed by atoms with Gasteiger partial charge in [0.1, 0.15) is 12.1 Å². The number of amides is 1. The van der Waals surface area contributed by atoms with E-state index in [1.807, 2.05) is 6.92 Å². The van der Waals surface area contributed by atoms with E-state index in [0.29, 0.717) is 24.8 Å². The van der Waals surface area contributed by atoms with E-state index in [4.69, 9.17) is 15.0 Å². The summed E-state index contributed by atoms with van der Waals surface area (Å²) in [5, 5.41) is 7.00. The molecule has 1 aromatic heterocycles. The van der Waals surface area contributed by atoms with Crippen molar-refractivity contribution in [2.75, 3.05) is 6.54 Å². The fourth-order valence-corrected chi connectivity index (χ4v) is 3.39. The van der Waals surface area contributed by atoms with E-state index in [2.05, 4.69) is 15.5 Å². The van der Waals surface area contributed by atoms with Crippen LogP contribution in [0.2, 0.25) is 0 Å². The Balaban J connectivity index is 1.54. The van der Waals surface area contributed by atoms with Crippen LogP contribution in [0.15, 0.2) is 4.52 Å². The van der Waals surface area contributed by atoms with Gasteiger partial charge in [-0.1, -0.05) is 24.4 Å². The van der Waals surface area contributed by atoms with Crippen LogP contribution in [0.3, 0.4) is 0 Å².